The molecule has 0 unspecified atom stereocenters. The van der Waals surface area contributed by atoms with E-state index in [4.69, 9.17) is 11.6 Å². The summed E-state index contributed by atoms with van der Waals surface area (Å²) in [4.78, 5) is 37.5. The fraction of sp³-hybridized carbons (Fsp3) is 0.261. The van der Waals surface area contributed by atoms with Gasteiger partial charge in [-0.2, -0.15) is 0 Å². The Hall–Kier alpha value is -3.06. The van der Waals surface area contributed by atoms with Crippen molar-refractivity contribution in [3.05, 3.63) is 57.9 Å². The van der Waals surface area contributed by atoms with Crippen molar-refractivity contribution in [3.63, 3.8) is 0 Å². The molecule has 2 aromatic carbocycles. The molecule has 2 amide bonds. The van der Waals surface area contributed by atoms with Gasteiger partial charge in [-0.1, -0.05) is 29.8 Å². The van der Waals surface area contributed by atoms with E-state index in [0.29, 0.717) is 5.39 Å². The van der Waals surface area contributed by atoms with E-state index in [2.05, 4.69) is 10.6 Å². The predicted molar refractivity (Wildman–Crippen MR) is 129 cm³/mol. The molecule has 1 aliphatic rings. The van der Waals surface area contributed by atoms with E-state index in [0.717, 1.165) is 22.1 Å². The van der Waals surface area contributed by atoms with Gasteiger partial charge in [0, 0.05) is 34.3 Å². The highest BCUT2D eigenvalue weighted by Crippen LogP contribution is 2.36. The van der Waals surface area contributed by atoms with Crippen molar-refractivity contribution >= 4 is 62.2 Å². The van der Waals surface area contributed by atoms with Gasteiger partial charge in [0.15, 0.2) is 0 Å². The molecule has 2 atom stereocenters. The summed E-state index contributed by atoms with van der Waals surface area (Å²) < 4.78 is 0.796. The number of carboxylic acids is 1. The third kappa shape index (κ3) is 5.01. The zero-order valence-corrected chi connectivity index (χ0v) is 19.5. The molecule has 0 radical (unpaired) electrons. The number of thiophene rings is 1. The molecule has 0 bridgehead atoms. The van der Waals surface area contributed by atoms with Crippen molar-refractivity contribution in [3.8, 4) is 0 Å². The average Bonchev–Trinajstić information content (AvgIpc) is 3.14. The minimum Gasteiger partial charge on any atom is -0.478 e. The Morgan fingerprint density at radius 2 is 1.57 bits per heavy atom. The minimum atomic E-state index is -2.22. The number of anilines is 2. The van der Waals surface area contributed by atoms with Crippen LogP contribution in [0.25, 0.3) is 10.1 Å². The van der Waals surface area contributed by atoms with E-state index in [9.17, 15) is 39.9 Å². The van der Waals surface area contributed by atoms with Crippen LogP contribution in [0.2, 0.25) is 5.02 Å². The Labute approximate surface area is 207 Å². The molecular weight excluding hydrogens is 500 g/mol. The van der Waals surface area contributed by atoms with E-state index >= 15 is 0 Å². The number of nitrogens with one attached hydrogen (secondary N) is 2. The van der Waals surface area contributed by atoms with Crippen LogP contribution in [0, 0.1) is 0 Å². The van der Waals surface area contributed by atoms with Gasteiger partial charge in [-0.15, -0.1) is 11.3 Å². The number of carbonyl (C=O) groups is 3. The summed E-state index contributed by atoms with van der Waals surface area (Å²) in [5.74, 6) is -2.93. The number of halogens is 1. The van der Waals surface area contributed by atoms with Crippen LogP contribution in [0.5, 0.6) is 0 Å². The number of rotatable bonds is 5. The van der Waals surface area contributed by atoms with Gasteiger partial charge in [-0.3, -0.25) is 9.59 Å². The highest BCUT2D eigenvalue weighted by atomic mass is 35.5. The Balaban J connectivity index is 1.59. The number of hydrogen-bond donors (Lipinski definition) is 7. The molecule has 1 aliphatic carbocycles. The summed E-state index contributed by atoms with van der Waals surface area (Å²) in [5, 5.41) is 55.4. The molecule has 7 N–H and O–H groups in total. The first-order valence-corrected chi connectivity index (χ1v) is 11.6. The monoisotopic (exact) mass is 520 g/mol. The topological polar surface area (TPSA) is 176 Å². The Morgan fingerprint density at radius 1 is 0.971 bits per heavy atom. The molecule has 1 aromatic heterocycles. The summed E-state index contributed by atoms with van der Waals surface area (Å²) in [6.07, 6.45) is -5.67. The number of aliphatic hydroxyl groups excluding tert-OH is 3. The minimum absolute atomic E-state index is 0.0462. The first kappa shape index (κ1) is 25.0. The maximum atomic E-state index is 12.9. The van der Waals surface area contributed by atoms with Crippen molar-refractivity contribution in [2.24, 2.45) is 0 Å². The maximum Gasteiger partial charge on any atom is 0.335 e. The van der Waals surface area contributed by atoms with Crippen LogP contribution in [0.4, 0.5) is 11.4 Å². The fourth-order valence-corrected chi connectivity index (χ4v) is 5.36. The quantitative estimate of drug-likeness (QED) is 0.267. The lowest BCUT2D eigenvalue weighted by molar-refractivity contribution is -0.168. The normalized spacial score (nSPS) is 24.2. The Morgan fingerprint density at radius 3 is 2.17 bits per heavy atom. The molecule has 12 heteroatoms. The number of aromatic carboxylic acids is 1. The number of aliphatic hydroxyl groups is 4. The second kappa shape index (κ2) is 9.53. The van der Waals surface area contributed by atoms with Gasteiger partial charge in [-0.05, 0) is 24.3 Å². The Kier molecular flexibility index (Phi) is 6.82. The van der Waals surface area contributed by atoms with Crippen molar-refractivity contribution in [2.75, 3.05) is 10.6 Å². The summed E-state index contributed by atoms with van der Waals surface area (Å²) in [5.41, 5.74) is -2.49. The summed E-state index contributed by atoms with van der Waals surface area (Å²) in [7, 11) is 0. The van der Waals surface area contributed by atoms with Crippen molar-refractivity contribution in [2.45, 2.75) is 36.8 Å². The molecule has 35 heavy (non-hydrogen) atoms. The number of hydrogen-bond acceptors (Lipinski definition) is 8. The molecule has 0 spiro atoms. The predicted octanol–water partition coefficient (Wildman–Crippen LogP) is 2.05. The third-order valence-electron chi connectivity index (χ3n) is 5.74. The smallest absolute Gasteiger partial charge is 0.335 e. The molecule has 1 heterocycles. The van der Waals surface area contributed by atoms with Gasteiger partial charge in [0.2, 0.25) is 0 Å². The van der Waals surface area contributed by atoms with Gasteiger partial charge in [0.05, 0.1) is 22.8 Å². The number of amides is 2. The van der Waals surface area contributed by atoms with E-state index in [1.807, 2.05) is 6.07 Å². The largest absolute Gasteiger partial charge is 0.478 e. The van der Waals surface area contributed by atoms with Crippen LogP contribution in [0.3, 0.4) is 0 Å². The highest BCUT2D eigenvalue weighted by molar-refractivity contribution is 7.21. The van der Waals surface area contributed by atoms with E-state index < -0.39 is 54.5 Å². The molecule has 4 rings (SSSR count). The highest BCUT2D eigenvalue weighted by Gasteiger charge is 2.48. The van der Waals surface area contributed by atoms with Crippen LogP contribution < -0.4 is 10.6 Å². The van der Waals surface area contributed by atoms with E-state index in [1.165, 1.54) is 12.1 Å². The SMILES string of the molecule is O=C(O)c1cc(NC(=O)c2sc3ccccc3c2Cl)cc(NC(=O)C2(O)C[C@@H](O)C(O)[C@H](O)C2)c1. The maximum absolute atomic E-state index is 12.9. The van der Waals surface area contributed by atoms with E-state index in [1.54, 1.807) is 18.2 Å². The molecule has 184 valence electrons. The van der Waals surface area contributed by atoms with E-state index in [-0.39, 0.29) is 26.8 Å². The number of carboxylic acid groups (broad SMARTS) is 1. The van der Waals surface area contributed by atoms with Crippen LogP contribution in [0.1, 0.15) is 32.9 Å². The summed E-state index contributed by atoms with van der Waals surface area (Å²) in [6.45, 7) is 0. The van der Waals surface area contributed by atoms with Gasteiger partial charge in [-0.25, -0.2) is 4.79 Å². The van der Waals surface area contributed by atoms with Crippen LogP contribution in [0.15, 0.2) is 42.5 Å². The number of fused-ring (bicyclic) bond motifs is 1. The zero-order valence-electron chi connectivity index (χ0n) is 17.9. The van der Waals surface area contributed by atoms with Gasteiger partial charge in [0.1, 0.15) is 16.6 Å². The lowest BCUT2D eigenvalue weighted by Gasteiger charge is -2.39. The van der Waals surface area contributed by atoms with Crippen molar-refractivity contribution < 1.29 is 39.9 Å². The average molecular weight is 521 g/mol. The van der Waals surface area contributed by atoms with Crippen LogP contribution >= 0.6 is 22.9 Å². The molecule has 1 saturated carbocycles. The van der Waals surface area contributed by atoms with Gasteiger partial charge >= 0.3 is 5.97 Å². The molecule has 0 saturated heterocycles. The molecular formula is C23H21ClN2O8S. The number of carbonyl (C=O) groups excluding carboxylic acids is 2. The zero-order chi connectivity index (χ0) is 25.5. The fourth-order valence-electron chi connectivity index (χ4n) is 3.95. The number of benzene rings is 2. The first-order valence-electron chi connectivity index (χ1n) is 10.4. The second-order valence-electron chi connectivity index (χ2n) is 8.32. The lowest BCUT2D eigenvalue weighted by Crippen LogP contribution is -2.57. The molecule has 0 aliphatic heterocycles. The molecule has 10 nitrogen and oxygen atoms in total. The van der Waals surface area contributed by atoms with Gasteiger partial charge in [0.25, 0.3) is 11.8 Å². The second-order valence-corrected chi connectivity index (χ2v) is 9.75. The van der Waals surface area contributed by atoms with Crippen molar-refractivity contribution in [1.82, 2.24) is 0 Å². The van der Waals surface area contributed by atoms with Crippen molar-refractivity contribution in [1.29, 1.82) is 0 Å². The third-order valence-corrected chi connectivity index (χ3v) is 7.42. The summed E-state index contributed by atoms with van der Waals surface area (Å²) >= 11 is 7.51. The Bertz CT molecular complexity index is 1310. The first-order chi connectivity index (χ1) is 16.5. The van der Waals surface area contributed by atoms with Gasteiger partial charge < -0.3 is 36.2 Å². The van der Waals surface area contributed by atoms with Crippen LogP contribution in [-0.2, 0) is 4.79 Å². The lowest BCUT2D eigenvalue weighted by atomic mass is 9.79. The van der Waals surface area contributed by atoms with Crippen LogP contribution in [-0.4, -0.2) is 67.2 Å². The standard InChI is InChI=1S/C23H21ClN2O8S/c24-17-13-3-1-2-4-16(13)35-19(17)20(30)25-11-5-10(21(31)32)6-12(7-11)26-22(33)23(34)8-14(27)18(29)15(28)9-23/h1-7,14-15,18,27-29,34H,8-9H2,(H,25,30)(H,26,33)(H,31,32)/t14-,15-,18?,23?/m1/s1. The molecule has 1 fully saturated rings. The summed E-state index contributed by atoms with van der Waals surface area (Å²) in [6, 6.07) is 10.8. The molecule has 3 aromatic rings.